The number of amides is 1. The fraction of sp³-hybridized carbons (Fsp3) is 0.176. The van der Waals surface area contributed by atoms with Gasteiger partial charge in [0.15, 0.2) is 12.4 Å². The third-order valence-electron chi connectivity index (χ3n) is 2.98. The fourth-order valence-electron chi connectivity index (χ4n) is 1.83. The van der Waals surface area contributed by atoms with Crippen molar-refractivity contribution in [2.24, 2.45) is 0 Å². The van der Waals surface area contributed by atoms with E-state index in [0.717, 1.165) is 10.6 Å². The van der Waals surface area contributed by atoms with Crippen LogP contribution in [0.3, 0.4) is 0 Å². The molecule has 0 aliphatic carbocycles. The van der Waals surface area contributed by atoms with Crippen LogP contribution in [0.15, 0.2) is 53.4 Å². The molecule has 0 saturated carbocycles. The highest BCUT2D eigenvalue weighted by Gasteiger charge is 2.05. The summed E-state index contributed by atoms with van der Waals surface area (Å²) < 4.78 is 5.41. The second-order valence-corrected chi connectivity index (χ2v) is 5.53. The van der Waals surface area contributed by atoms with Crippen LogP contribution in [-0.2, 0) is 4.79 Å². The maximum atomic E-state index is 11.9. The molecule has 2 rings (SSSR count). The van der Waals surface area contributed by atoms with Crippen molar-refractivity contribution < 1.29 is 14.3 Å². The van der Waals surface area contributed by atoms with Crippen LogP contribution in [0, 0.1) is 0 Å². The number of benzene rings is 2. The zero-order valence-electron chi connectivity index (χ0n) is 12.5. The van der Waals surface area contributed by atoms with Crippen LogP contribution in [-0.4, -0.2) is 24.6 Å². The summed E-state index contributed by atoms with van der Waals surface area (Å²) in [5.74, 6) is 0.217. The van der Waals surface area contributed by atoms with Crippen LogP contribution >= 0.6 is 11.8 Å². The second-order valence-electron chi connectivity index (χ2n) is 4.65. The summed E-state index contributed by atoms with van der Waals surface area (Å²) in [6.45, 7) is 1.38. The highest BCUT2D eigenvalue weighted by molar-refractivity contribution is 7.98. The Labute approximate surface area is 133 Å². The lowest BCUT2D eigenvalue weighted by Crippen LogP contribution is -2.20. The Morgan fingerprint density at radius 1 is 1.14 bits per heavy atom. The molecule has 0 atom stereocenters. The molecule has 0 radical (unpaired) electrons. The second kappa shape index (κ2) is 7.66. The molecule has 1 amide bonds. The van der Waals surface area contributed by atoms with E-state index in [1.54, 1.807) is 36.0 Å². The molecule has 0 aromatic heterocycles. The third kappa shape index (κ3) is 4.63. The molecule has 22 heavy (non-hydrogen) atoms. The van der Waals surface area contributed by atoms with Gasteiger partial charge in [-0.25, -0.2) is 0 Å². The van der Waals surface area contributed by atoms with Crippen LogP contribution in [0.5, 0.6) is 5.75 Å². The molecule has 0 saturated heterocycles. The highest BCUT2D eigenvalue weighted by Crippen LogP contribution is 2.17. The molecule has 0 spiro atoms. The van der Waals surface area contributed by atoms with Crippen molar-refractivity contribution in [1.82, 2.24) is 0 Å². The molecule has 0 heterocycles. The summed E-state index contributed by atoms with van der Waals surface area (Å²) >= 11 is 1.64. The van der Waals surface area contributed by atoms with E-state index < -0.39 is 0 Å². The van der Waals surface area contributed by atoms with E-state index in [2.05, 4.69) is 5.32 Å². The van der Waals surface area contributed by atoms with E-state index in [1.807, 2.05) is 30.5 Å². The number of Topliss-reactive ketones (excluding diaryl/α,β-unsaturated/α-hetero) is 1. The number of carbonyl (C=O) groups is 2. The first-order valence-electron chi connectivity index (χ1n) is 6.76. The molecule has 2 aromatic carbocycles. The van der Waals surface area contributed by atoms with Crippen LogP contribution in [0.1, 0.15) is 17.3 Å². The molecular weight excluding hydrogens is 298 g/mol. The van der Waals surface area contributed by atoms with Gasteiger partial charge in [0.25, 0.3) is 5.91 Å². The van der Waals surface area contributed by atoms with E-state index in [1.165, 1.54) is 6.92 Å². The van der Waals surface area contributed by atoms with Gasteiger partial charge in [0, 0.05) is 16.1 Å². The van der Waals surface area contributed by atoms with Crippen molar-refractivity contribution in [3.8, 4) is 5.75 Å². The molecule has 114 valence electrons. The summed E-state index contributed by atoms with van der Waals surface area (Å²) in [4.78, 5) is 24.3. The molecule has 0 aliphatic rings. The standard InChI is InChI=1S/C17H17NO3S/c1-12(19)13-4-3-5-15(10-13)21-11-17(20)18-14-6-8-16(22-2)9-7-14/h3-10H,11H2,1-2H3,(H,18,20). The van der Waals surface area contributed by atoms with Gasteiger partial charge in [-0.1, -0.05) is 12.1 Å². The SMILES string of the molecule is CSc1ccc(NC(=O)COc2cccc(C(C)=O)c2)cc1. The van der Waals surface area contributed by atoms with E-state index in [4.69, 9.17) is 4.74 Å². The lowest BCUT2D eigenvalue weighted by atomic mass is 10.1. The summed E-state index contributed by atoms with van der Waals surface area (Å²) in [6.07, 6.45) is 2.00. The maximum absolute atomic E-state index is 11.9. The minimum atomic E-state index is -0.245. The first-order valence-corrected chi connectivity index (χ1v) is 7.98. The van der Waals surface area contributed by atoms with Crippen molar-refractivity contribution in [3.63, 3.8) is 0 Å². The first kappa shape index (κ1) is 16.1. The topological polar surface area (TPSA) is 55.4 Å². The average molecular weight is 315 g/mol. The maximum Gasteiger partial charge on any atom is 0.262 e. The van der Waals surface area contributed by atoms with Crippen molar-refractivity contribution in [3.05, 3.63) is 54.1 Å². The summed E-state index contributed by atoms with van der Waals surface area (Å²) in [5, 5.41) is 2.76. The number of nitrogens with one attached hydrogen (secondary N) is 1. The first-order chi connectivity index (χ1) is 10.6. The molecule has 2 aromatic rings. The Hall–Kier alpha value is -2.27. The lowest BCUT2D eigenvalue weighted by molar-refractivity contribution is -0.118. The third-order valence-corrected chi connectivity index (χ3v) is 3.73. The number of anilines is 1. The number of thioether (sulfide) groups is 1. The molecule has 0 bridgehead atoms. The average Bonchev–Trinajstić information content (AvgIpc) is 2.54. The van der Waals surface area contributed by atoms with Gasteiger partial charge < -0.3 is 10.1 Å². The quantitative estimate of drug-likeness (QED) is 0.653. The number of rotatable bonds is 6. The number of carbonyl (C=O) groups excluding carboxylic acids is 2. The van der Waals surface area contributed by atoms with Crippen LogP contribution in [0.25, 0.3) is 0 Å². The zero-order valence-corrected chi connectivity index (χ0v) is 13.3. The van der Waals surface area contributed by atoms with Crippen LogP contribution < -0.4 is 10.1 Å². The summed E-state index contributed by atoms with van der Waals surface area (Å²) in [7, 11) is 0. The highest BCUT2D eigenvalue weighted by atomic mass is 32.2. The monoisotopic (exact) mass is 315 g/mol. The predicted octanol–water partition coefficient (Wildman–Crippen LogP) is 3.63. The van der Waals surface area contributed by atoms with Crippen LogP contribution in [0.2, 0.25) is 0 Å². The summed E-state index contributed by atoms with van der Waals surface area (Å²) in [6, 6.07) is 14.4. The molecule has 5 heteroatoms. The van der Waals surface area contributed by atoms with E-state index in [-0.39, 0.29) is 18.3 Å². The predicted molar refractivity (Wildman–Crippen MR) is 88.8 cm³/mol. The Kier molecular flexibility index (Phi) is 5.61. The normalized spacial score (nSPS) is 10.1. The van der Waals surface area contributed by atoms with Crippen molar-refractivity contribution in [2.45, 2.75) is 11.8 Å². The Bertz CT molecular complexity index is 668. The minimum Gasteiger partial charge on any atom is -0.484 e. The molecule has 4 nitrogen and oxygen atoms in total. The van der Waals surface area contributed by atoms with E-state index >= 15 is 0 Å². The minimum absolute atomic E-state index is 0.0382. The molecular formula is C17H17NO3S. The number of hydrogen-bond donors (Lipinski definition) is 1. The number of ketones is 1. The van der Waals surface area contributed by atoms with Gasteiger partial charge in [0.2, 0.25) is 0 Å². The van der Waals surface area contributed by atoms with Gasteiger partial charge in [-0.2, -0.15) is 0 Å². The fourth-order valence-corrected chi connectivity index (χ4v) is 2.23. The van der Waals surface area contributed by atoms with Crippen LogP contribution in [0.4, 0.5) is 5.69 Å². The van der Waals surface area contributed by atoms with Gasteiger partial charge in [0.05, 0.1) is 0 Å². The summed E-state index contributed by atoms with van der Waals surface area (Å²) in [5.41, 5.74) is 1.29. The molecule has 0 unspecified atom stereocenters. The Morgan fingerprint density at radius 2 is 1.86 bits per heavy atom. The van der Waals surface area contributed by atoms with Gasteiger partial charge in [-0.3, -0.25) is 9.59 Å². The van der Waals surface area contributed by atoms with Crippen molar-refractivity contribution >= 4 is 29.1 Å². The largest absolute Gasteiger partial charge is 0.484 e. The molecule has 0 fully saturated rings. The van der Waals surface area contributed by atoms with E-state index in [0.29, 0.717) is 11.3 Å². The van der Waals surface area contributed by atoms with Gasteiger partial charge >= 0.3 is 0 Å². The smallest absolute Gasteiger partial charge is 0.262 e. The number of ether oxygens (including phenoxy) is 1. The molecule has 1 N–H and O–H groups in total. The lowest BCUT2D eigenvalue weighted by Gasteiger charge is -2.08. The number of hydrogen-bond acceptors (Lipinski definition) is 4. The van der Waals surface area contributed by atoms with Gasteiger partial charge in [0.1, 0.15) is 5.75 Å². The Morgan fingerprint density at radius 3 is 2.50 bits per heavy atom. The zero-order chi connectivity index (χ0) is 15.9. The van der Waals surface area contributed by atoms with Crippen molar-refractivity contribution in [2.75, 3.05) is 18.2 Å². The van der Waals surface area contributed by atoms with Crippen molar-refractivity contribution in [1.29, 1.82) is 0 Å². The van der Waals surface area contributed by atoms with Gasteiger partial charge in [-0.05, 0) is 49.6 Å². The molecule has 0 aliphatic heterocycles. The van der Waals surface area contributed by atoms with E-state index in [9.17, 15) is 9.59 Å². The van der Waals surface area contributed by atoms with Gasteiger partial charge in [-0.15, -0.1) is 11.8 Å². The Balaban J connectivity index is 1.89.